The van der Waals surface area contributed by atoms with Gasteiger partial charge in [-0.15, -0.1) is 23.5 Å². The van der Waals surface area contributed by atoms with Crippen LogP contribution in [0.1, 0.15) is 5.76 Å². The van der Waals surface area contributed by atoms with Crippen LogP contribution in [0.5, 0.6) is 0 Å². The van der Waals surface area contributed by atoms with E-state index in [0.29, 0.717) is 5.76 Å². The van der Waals surface area contributed by atoms with E-state index in [1.54, 1.807) is 18.4 Å². The first-order valence-electron chi connectivity index (χ1n) is 8.01. The number of aliphatic carboxylic acids is 1. The second-order valence-corrected chi connectivity index (χ2v) is 8.07. The SMILES string of the molecule is CSC1(NC(=O)Cc2ccco2)C(=O)N2C(C(=O)O)=C(COC(N)=O)CS[C@H]21. The van der Waals surface area contributed by atoms with Crippen molar-refractivity contribution < 1.29 is 33.4 Å². The van der Waals surface area contributed by atoms with Gasteiger partial charge in [-0.1, -0.05) is 0 Å². The van der Waals surface area contributed by atoms with E-state index in [4.69, 9.17) is 10.2 Å². The molecule has 0 saturated carbocycles. The molecule has 3 rings (SSSR count). The monoisotopic (exact) mass is 427 g/mol. The third-order valence-corrected chi connectivity index (χ3v) is 6.95. The van der Waals surface area contributed by atoms with Crippen molar-refractivity contribution >= 4 is 47.4 Å². The highest BCUT2D eigenvalue weighted by atomic mass is 32.2. The Kier molecular flexibility index (Phi) is 5.61. The van der Waals surface area contributed by atoms with Gasteiger partial charge in [0.2, 0.25) is 5.91 Å². The van der Waals surface area contributed by atoms with Crippen molar-refractivity contribution in [2.75, 3.05) is 18.6 Å². The van der Waals surface area contributed by atoms with Gasteiger partial charge in [0.05, 0.1) is 12.7 Å². The van der Waals surface area contributed by atoms with Crippen LogP contribution in [0.4, 0.5) is 4.79 Å². The molecule has 0 aliphatic carbocycles. The molecule has 12 heteroatoms. The summed E-state index contributed by atoms with van der Waals surface area (Å²) in [6.07, 6.45) is 2.03. The predicted molar refractivity (Wildman–Crippen MR) is 100 cm³/mol. The number of nitrogens with zero attached hydrogens (tertiary/aromatic N) is 1. The Morgan fingerprint density at radius 1 is 1.54 bits per heavy atom. The second kappa shape index (κ2) is 7.80. The second-order valence-electron chi connectivity index (χ2n) is 5.95. The Bertz CT molecular complexity index is 854. The minimum atomic E-state index is -1.32. The summed E-state index contributed by atoms with van der Waals surface area (Å²) in [5.74, 6) is -1.63. The first-order chi connectivity index (χ1) is 13.3. The van der Waals surface area contributed by atoms with Gasteiger partial charge in [0, 0.05) is 11.3 Å². The molecule has 0 bridgehead atoms. The highest BCUT2D eigenvalue weighted by molar-refractivity contribution is 8.05. The summed E-state index contributed by atoms with van der Waals surface area (Å²) in [4.78, 5) is 47.7. The largest absolute Gasteiger partial charge is 0.477 e. The lowest BCUT2D eigenvalue weighted by Gasteiger charge is -2.56. The summed E-state index contributed by atoms with van der Waals surface area (Å²) in [7, 11) is 0. The Morgan fingerprint density at radius 2 is 2.29 bits per heavy atom. The summed E-state index contributed by atoms with van der Waals surface area (Å²) >= 11 is 2.40. The van der Waals surface area contributed by atoms with Crippen LogP contribution in [0.2, 0.25) is 0 Å². The maximum absolute atomic E-state index is 12.9. The van der Waals surface area contributed by atoms with E-state index in [1.165, 1.54) is 18.0 Å². The van der Waals surface area contributed by atoms with E-state index < -0.39 is 34.1 Å². The number of amides is 3. The number of primary amides is 1. The molecule has 10 nitrogen and oxygen atoms in total. The lowest BCUT2D eigenvalue weighted by Crippen LogP contribution is -2.78. The number of furan rings is 1. The van der Waals surface area contributed by atoms with E-state index in [-0.39, 0.29) is 30.1 Å². The topological polar surface area (TPSA) is 152 Å². The first kappa shape index (κ1) is 20.1. The summed E-state index contributed by atoms with van der Waals surface area (Å²) in [5.41, 5.74) is 4.94. The highest BCUT2D eigenvalue weighted by Gasteiger charge is 2.65. The van der Waals surface area contributed by atoms with Crippen molar-refractivity contribution in [3.05, 3.63) is 35.4 Å². The van der Waals surface area contributed by atoms with Crippen molar-refractivity contribution in [1.29, 1.82) is 0 Å². The maximum Gasteiger partial charge on any atom is 0.404 e. The number of ether oxygens (including phenoxy) is 1. The minimum absolute atomic E-state index is 0.0424. The third kappa shape index (κ3) is 3.44. The van der Waals surface area contributed by atoms with Gasteiger partial charge >= 0.3 is 12.1 Å². The van der Waals surface area contributed by atoms with E-state index in [1.807, 2.05) is 0 Å². The predicted octanol–water partition coefficient (Wildman–Crippen LogP) is 0.347. The molecule has 1 fully saturated rings. The Morgan fingerprint density at radius 3 is 2.86 bits per heavy atom. The fourth-order valence-corrected chi connectivity index (χ4v) is 5.65. The number of nitrogens with one attached hydrogen (secondary N) is 1. The molecule has 2 aliphatic heterocycles. The zero-order valence-corrected chi connectivity index (χ0v) is 16.3. The molecule has 0 radical (unpaired) electrons. The van der Waals surface area contributed by atoms with E-state index in [0.717, 1.165) is 16.7 Å². The van der Waals surface area contributed by atoms with Gasteiger partial charge in [-0.25, -0.2) is 9.59 Å². The Balaban J connectivity index is 1.81. The summed E-state index contributed by atoms with van der Waals surface area (Å²) < 4.78 is 9.83. The average Bonchev–Trinajstić information content (AvgIpc) is 3.15. The van der Waals surface area contributed by atoms with Crippen LogP contribution < -0.4 is 11.1 Å². The number of fused-ring (bicyclic) bond motifs is 1. The maximum atomic E-state index is 12.9. The van der Waals surface area contributed by atoms with Gasteiger partial charge in [-0.3, -0.25) is 14.5 Å². The van der Waals surface area contributed by atoms with E-state index in [9.17, 15) is 24.3 Å². The number of β-lactam (4-membered cyclic amide) rings is 1. The molecule has 4 N–H and O–H groups in total. The number of carboxylic acid groups (broad SMARTS) is 1. The third-order valence-electron chi connectivity index (χ3n) is 4.26. The Hall–Kier alpha value is -2.60. The summed E-state index contributed by atoms with van der Waals surface area (Å²) in [6.45, 7) is -0.322. The molecule has 2 aliphatic rings. The Labute approximate surface area is 167 Å². The number of hydrogen-bond acceptors (Lipinski definition) is 8. The van der Waals surface area contributed by atoms with Gasteiger partial charge in [-0.05, 0) is 18.4 Å². The minimum Gasteiger partial charge on any atom is -0.477 e. The molecule has 1 aromatic heterocycles. The van der Waals surface area contributed by atoms with Gasteiger partial charge in [0.15, 0.2) is 4.87 Å². The number of hydrogen-bond donors (Lipinski definition) is 3. The molecule has 2 atom stereocenters. The van der Waals surface area contributed by atoms with Crippen molar-refractivity contribution in [3.63, 3.8) is 0 Å². The van der Waals surface area contributed by atoms with Crippen LogP contribution in [-0.2, 0) is 25.5 Å². The molecule has 1 saturated heterocycles. The molecular formula is C16H17N3O7S2. The quantitative estimate of drug-likeness (QED) is 0.413. The van der Waals surface area contributed by atoms with E-state index in [2.05, 4.69) is 10.1 Å². The molecular weight excluding hydrogens is 410 g/mol. The molecule has 1 aromatic rings. The molecule has 0 spiro atoms. The van der Waals surface area contributed by atoms with Crippen molar-refractivity contribution in [3.8, 4) is 0 Å². The van der Waals surface area contributed by atoms with Gasteiger partial charge in [-0.2, -0.15) is 0 Å². The summed E-state index contributed by atoms with van der Waals surface area (Å²) in [6, 6.07) is 3.30. The number of carboxylic acids is 1. The molecule has 1 unspecified atom stereocenters. The highest BCUT2D eigenvalue weighted by Crippen LogP contribution is 2.50. The number of carbonyl (C=O) groups excluding carboxylic acids is 3. The van der Waals surface area contributed by atoms with Gasteiger partial charge in [0.25, 0.3) is 5.91 Å². The lowest BCUT2D eigenvalue weighted by atomic mass is 10.0. The van der Waals surface area contributed by atoms with Gasteiger partial charge in [0.1, 0.15) is 23.4 Å². The number of nitrogens with two attached hydrogens (primary N) is 1. The first-order valence-corrected chi connectivity index (χ1v) is 10.3. The molecule has 150 valence electrons. The smallest absolute Gasteiger partial charge is 0.404 e. The molecule has 28 heavy (non-hydrogen) atoms. The van der Waals surface area contributed by atoms with Crippen LogP contribution in [0.25, 0.3) is 0 Å². The van der Waals surface area contributed by atoms with Gasteiger partial charge < -0.3 is 25.3 Å². The normalized spacial score (nSPS) is 23.7. The number of carbonyl (C=O) groups is 4. The van der Waals surface area contributed by atoms with Crippen LogP contribution in [-0.4, -0.2) is 62.7 Å². The zero-order valence-electron chi connectivity index (χ0n) is 14.7. The lowest BCUT2D eigenvalue weighted by molar-refractivity contribution is -0.152. The number of rotatable bonds is 7. The number of thioether (sulfide) groups is 2. The fourth-order valence-electron chi connectivity index (χ4n) is 3.04. The average molecular weight is 427 g/mol. The summed E-state index contributed by atoms with van der Waals surface area (Å²) in [5, 5.41) is 11.7. The van der Waals surface area contributed by atoms with Crippen molar-refractivity contribution in [2.45, 2.75) is 16.7 Å². The van der Waals surface area contributed by atoms with Crippen LogP contribution in [0.3, 0.4) is 0 Å². The van der Waals surface area contributed by atoms with Crippen LogP contribution >= 0.6 is 23.5 Å². The van der Waals surface area contributed by atoms with Crippen molar-refractivity contribution in [2.24, 2.45) is 5.73 Å². The molecule has 0 aromatic carbocycles. The standard InChI is InChI=1S/C16H17N3O7S2/c1-27-16(18-10(20)5-9-3-2-4-25-9)13(23)19-11(12(21)22)8(6-26-15(17)24)7-28-14(16)19/h2-4,14H,5-7H2,1H3,(H2,17,24)(H,18,20)(H,21,22)/t14-,16?/m0/s1. The fraction of sp³-hybridized carbons (Fsp3) is 0.375. The van der Waals surface area contributed by atoms with E-state index >= 15 is 0 Å². The van der Waals surface area contributed by atoms with Crippen LogP contribution in [0, 0.1) is 0 Å². The molecule has 3 heterocycles. The van der Waals surface area contributed by atoms with Crippen molar-refractivity contribution in [1.82, 2.24) is 10.2 Å². The zero-order chi connectivity index (χ0) is 20.5. The van der Waals surface area contributed by atoms with Crippen LogP contribution in [0.15, 0.2) is 34.1 Å². The molecule has 3 amide bonds.